The van der Waals surface area contributed by atoms with Crippen LogP contribution in [0.3, 0.4) is 0 Å². The highest BCUT2D eigenvalue weighted by Crippen LogP contribution is 2.19. The number of hydrogen-bond donors (Lipinski definition) is 1. The molecule has 2 aromatic rings. The van der Waals surface area contributed by atoms with Crippen molar-refractivity contribution in [3.8, 4) is 5.75 Å². The highest BCUT2D eigenvalue weighted by atomic mass is 19.3. The van der Waals surface area contributed by atoms with E-state index in [2.05, 4.69) is 14.5 Å². The molecule has 0 aliphatic rings. The number of rotatable bonds is 7. The molecule has 0 fully saturated rings. The lowest BCUT2D eigenvalue weighted by molar-refractivity contribution is -0.139. The number of nitrogens with two attached hydrogens (primary N) is 1. The first-order valence-electron chi connectivity index (χ1n) is 7.71. The summed E-state index contributed by atoms with van der Waals surface area (Å²) in [6.07, 6.45) is 1.65. The number of hydrogen-bond acceptors (Lipinski definition) is 4. The van der Waals surface area contributed by atoms with Gasteiger partial charge >= 0.3 is 12.6 Å². The van der Waals surface area contributed by atoms with Crippen molar-refractivity contribution in [1.29, 1.82) is 0 Å². The van der Waals surface area contributed by atoms with Gasteiger partial charge in [-0.1, -0.05) is 30.3 Å². The van der Waals surface area contributed by atoms with Gasteiger partial charge in [-0.3, -0.25) is 4.79 Å². The molecule has 0 radical (unpaired) electrons. The van der Waals surface area contributed by atoms with E-state index in [4.69, 9.17) is 5.73 Å². The third-order valence-electron chi connectivity index (χ3n) is 3.38. The van der Waals surface area contributed by atoms with Crippen LogP contribution in [0.5, 0.6) is 5.75 Å². The maximum absolute atomic E-state index is 12.2. The summed E-state index contributed by atoms with van der Waals surface area (Å²) in [4.78, 5) is 15.8. The molecule has 0 bridgehead atoms. The molecular formula is C19H18F2N2O3. The van der Waals surface area contributed by atoms with E-state index in [1.165, 1.54) is 31.4 Å². The monoisotopic (exact) mass is 360 g/mol. The van der Waals surface area contributed by atoms with Crippen molar-refractivity contribution in [1.82, 2.24) is 0 Å². The molecule has 0 spiro atoms. The summed E-state index contributed by atoms with van der Waals surface area (Å²) < 4.78 is 33.3. The van der Waals surface area contributed by atoms with E-state index in [9.17, 15) is 13.6 Å². The number of carbonyl (C=O) groups is 1. The van der Waals surface area contributed by atoms with Gasteiger partial charge in [0.15, 0.2) is 0 Å². The quantitative estimate of drug-likeness (QED) is 0.465. The number of ether oxygens (including phenoxy) is 2. The van der Waals surface area contributed by atoms with Crippen LogP contribution < -0.4 is 10.5 Å². The predicted molar refractivity (Wildman–Crippen MR) is 94.9 cm³/mol. The van der Waals surface area contributed by atoms with Crippen LogP contribution in [-0.2, 0) is 9.53 Å². The van der Waals surface area contributed by atoms with Crippen molar-refractivity contribution < 1.29 is 23.0 Å². The maximum atomic E-state index is 12.2. The molecule has 0 aromatic heterocycles. The van der Waals surface area contributed by atoms with Gasteiger partial charge in [0.2, 0.25) is 0 Å². The minimum absolute atomic E-state index is 0.0288. The minimum atomic E-state index is -2.89. The fraction of sp³-hybridized carbons (Fsp3) is 0.158. The van der Waals surface area contributed by atoms with Crippen molar-refractivity contribution >= 4 is 17.5 Å². The SMILES string of the molecule is COC(=O)C/C=C(/N=C(N)c1ccc(OC(F)F)cc1)c1ccccc1. The first-order valence-corrected chi connectivity index (χ1v) is 7.71. The summed E-state index contributed by atoms with van der Waals surface area (Å²) in [6, 6.07) is 15.0. The Kier molecular flexibility index (Phi) is 6.84. The molecule has 0 amide bonds. The smallest absolute Gasteiger partial charge is 0.387 e. The molecule has 2 aromatic carbocycles. The van der Waals surface area contributed by atoms with Crippen LogP contribution in [0.1, 0.15) is 17.5 Å². The fourth-order valence-corrected chi connectivity index (χ4v) is 2.10. The lowest BCUT2D eigenvalue weighted by atomic mass is 10.1. The summed E-state index contributed by atoms with van der Waals surface area (Å²) in [6.45, 7) is -2.89. The third-order valence-corrected chi connectivity index (χ3v) is 3.38. The molecular weight excluding hydrogens is 342 g/mol. The average molecular weight is 360 g/mol. The average Bonchev–Trinajstić information content (AvgIpc) is 2.65. The van der Waals surface area contributed by atoms with E-state index < -0.39 is 12.6 Å². The minimum Gasteiger partial charge on any atom is -0.469 e. The summed E-state index contributed by atoms with van der Waals surface area (Å²) in [5.41, 5.74) is 7.84. The zero-order valence-electron chi connectivity index (χ0n) is 14.1. The number of carbonyl (C=O) groups excluding carboxylic acids is 1. The van der Waals surface area contributed by atoms with Crippen molar-refractivity contribution in [2.24, 2.45) is 10.7 Å². The van der Waals surface area contributed by atoms with E-state index in [0.717, 1.165) is 5.56 Å². The van der Waals surface area contributed by atoms with Crippen molar-refractivity contribution in [2.75, 3.05) is 7.11 Å². The molecule has 0 atom stereocenters. The Hall–Kier alpha value is -3.22. The zero-order chi connectivity index (χ0) is 18.9. The molecule has 136 valence electrons. The summed E-state index contributed by atoms with van der Waals surface area (Å²) >= 11 is 0. The van der Waals surface area contributed by atoms with Gasteiger partial charge in [-0.25, -0.2) is 4.99 Å². The van der Waals surface area contributed by atoms with Crippen LogP contribution in [0.25, 0.3) is 5.70 Å². The number of amidine groups is 1. The van der Waals surface area contributed by atoms with E-state index in [1.54, 1.807) is 6.08 Å². The Morgan fingerprint density at radius 2 is 1.77 bits per heavy atom. The largest absolute Gasteiger partial charge is 0.469 e. The van der Waals surface area contributed by atoms with Gasteiger partial charge in [-0.2, -0.15) is 8.78 Å². The predicted octanol–water partition coefficient (Wildman–Crippen LogP) is 3.60. The second-order valence-corrected chi connectivity index (χ2v) is 5.14. The Labute approximate surface area is 149 Å². The number of benzene rings is 2. The molecule has 5 nitrogen and oxygen atoms in total. The number of alkyl halides is 2. The van der Waals surface area contributed by atoms with Crippen molar-refractivity contribution in [3.63, 3.8) is 0 Å². The zero-order valence-corrected chi connectivity index (χ0v) is 14.1. The van der Waals surface area contributed by atoms with Gasteiger partial charge in [-0.15, -0.1) is 0 Å². The second-order valence-electron chi connectivity index (χ2n) is 5.14. The molecule has 7 heteroatoms. The van der Waals surface area contributed by atoms with Crippen LogP contribution in [0.4, 0.5) is 8.78 Å². The van der Waals surface area contributed by atoms with Crippen LogP contribution in [0.15, 0.2) is 65.7 Å². The molecule has 0 unspecified atom stereocenters. The number of halogens is 2. The van der Waals surface area contributed by atoms with Crippen molar-refractivity contribution in [2.45, 2.75) is 13.0 Å². The number of nitrogens with zero attached hydrogens (tertiary/aromatic N) is 1. The topological polar surface area (TPSA) is 73.9 Å². The molecule has 0 saturated heterocycles. The molecule has 0 heterocycles. The highest BCUT2D eigenvalue weighted by Gasteiger charge is 2.07. The van der Waals surface area contributed by atoms with Crippen LogP contribution in [0.2, 0.25) is 0 Å². The Balaban J connectivity index is 2.28. The Bertz CT molecular complexity index is 788. The van der Waals surface area contributed by atoms with Gasteiger partial charge < -0.3 is 15.2 Å². The summed E-state index contributed by atoms with van der Waals surface area (Å²) in [5.74, 6) is -0.199. The summed E-state index contributed by atoms with van der Waals surface area (Å²) in [5, 5.41) is 0. The van der Waals surface area contributed by atoms with Gasteiger partial charge in [0.25, 0.3) is 0 Å². The van der Waals surface area contributed by atoms with Crippen molar-refractivity contribution in [3.05, 3.63) is 71.8 Å². The van der Waals surface area contributed by atoms with E-state index in [1.807, 2.05) is 30.3 Å². The molecule has 2 rings (SSSR count). The van der Waals surface area contributed by atoms with Gasteiger partial charge in [0.1, 0.15) is 11.6 Å². The Morgan fingerprint density at radius 1 is 1.12 bits per heavy atom. The lowest BCUT2D eigenvalue weighted by Gasteiger charge is -2.07. The standard InChI is InChI=1S/C19H18F2N2O3/c1-25-17(24)12-11-16(13-5-3-2-4-6-13)23-18(22)14-7-9-15(10-8-14)26-19(20)21/h2-11,19H,12H2,1H3,(H2,22,23)/b16-11+. The van der Waals surface area contributed by atoms with Gasteiger partial charge in [0, 0.05) is 5.56 Å². The van der Waals surface area contributed by atoms with Gasteiger partial charge in [-0.05, 0) is 35.9 Å². The normalized spacial score (nSPS) is 12.2. The highest BCUT2D eigenvalue weighted by molar-refractivity contribution is 6.00. The second kappa shape index (κ2) is 9.31. The fourth-order valence-electron chi connectivity index (χ4n) is 2.10. The number of esters is 1. The Morgan fingerprint density at radius 3 is 2.35 bits per heavy atom. The molecule has 0 saturated carbocycles. The number of aliphatic imine (C=N–C) groups is 1. The van der Waals surface area contributed by atoms with Crippen LogP contribution in [-0.4, -0.2) is 25.5 Å². The molecule has 0 aliphatic carbocycles. The van der Waals surface area contributed by atoms with Crippen LogP contribution in [0, 0.1) is 0 Å². The van der Waals surface area contributed by atoms with Crippen LogP contribution >= 0.6 is 0 Å². The summed E-state index contributed by atoms with van der Waals surface area (Å²) in [7, 11) is 1.30. The van der Waals surface area contributed by atoms with Gasteiger partial charge in [0.05, 0.1) is 19.2 Å². The molecule has 26 heavy (non-hydrogen) atoms. The first-order chi connectivity index (χ1) is 12.5. The lowest BCUT2D eigenvalue weighted by Crippen LogP contribution is -2.13. The van der Waals surface area contributed by atoms with E-state index in [-0.39, 0.29) is 18.0 Å². The maximum Gasteiger partial charge on any atom is 0.387 e. The molecule has 2 N–H and O–H groups in total. The third kappa shape index (κ3) is 5.70. The first kappa shape index (κ1) is 19.1. The van der Waals surface area contributed by atoms with E-state index in [0.29, 0.717) is 11.3 Å². The molecule has 0 aliphatic heterocycles. The van der Waals surface area contributed by atoms with E-state index >= 15 is 0 Å². The number of methoxy groups -OCH3 is 1.